The summed E-state index contributed by atoms with van der Waals surface area (Å²) in [5, 5.41) is 0. The van der Waals surface area contributed by atoms with Crippen LogP contribution in [0.3, 0.4) is 0 Å². The lowest BCUT2D eigenvalue weighted by Gasteiger charge is -2.19. The lowest BCUT2D eigenvalue weighted by molar-refractivity contribution is 0.248. The van der Waals surface area contributed by atoms with Gasteiger partial charge in [0, 0.05) is 22.3 Å². The van der Waals surface area contributed by atoms with Crippen molar-refractivity contribution < 1.29 is 28.4 Å². The van der Waals surface area contributed by atoms with E-state index in [-0.39, 0.29) is 0 Å². The number of hydrogen-bond acceptors (Lipinski definition) is 6. The van der Waals surface area contributed by atoms with Gasteiger partial charge < -0.3 is 28.4 Å². The molecule has 6 atom stereocenters. The van der Waals surface area contributed by atoms with E-state index in [4.69, 9.17) is 28.4 Å². The highest BCUT2D eigenvalue weighted by Crippen LogP contribution is 2.39. The predicted molar refractivity (Wildman–Crippen MR) is 262 cm³/mol. The molecule has 0 aliphatic heterocycles. The zero-order valence-electron chi connectivity index (χ0n) is 38.9. The van der Waals surface area contributed by atoms with Gasteiger partial charge in [-0.25, -0.2) is 0 Å². The molecule has 3 aromatic rings. The molecule has 0 fully saturated rings. The molecule has 0 saturated heterocycles. The molecule has 0 amide bonds. The van der Waals surface area contributed by atoms with Crippen LogP contribution in [0.2, 0.25) is 0 Å². The van der Waals surface area contributed by atoms with Crippen LogP contribution in [-0.2, 0) is 0 Å². The van der Waals surface area contributed by atoms with Gasteiger partial charge in [-0.1, -0.05) is 146 Å². The molecule has 334 valence electrons. The molecule has 0 spiro atoms. The van der Waals surface area contributed by atoms with Crippen molar-refractivity contribution in [2.45, 2.75) is 122 Å². The molecular formula is C52H76Br2O6. The fourth-order valence-corrected chi connectivity index (χ4v) is 6.27. The molecule has 8 heteroatoms. The van der Waals surface area contributed by atoms with Gasteiger partial charge in [0.1, 0.15) is 34.5 Å². The first-order chi connectivity index (χ1) is 28.7. The minimum absolute atomic E-state index is 0.390. The van der Waals surface area contributed by atoms with Gasteiger partial charge in [-0.3, -0.25) is 0 Å². The lowest BCUT2D eigenvalue weighted by Crippen LogP contribution is -2.10. The topological polar surface area (TPSA) is 55.4 Å². The monoisotopic (exact) mass is 954 g/mol. The van der Waals surface area contributed by atoms with E-state index in [9.17, 15) is 0 Å². The fraction of sp³-hybridized carbons (Fsp3) is 0.577. The molecule has 0 aromatic heterocycles. The Kier molecular flexibility index (Phi) is 23.1. The molecule has 0 radical (unpaired) electrons. The van der Waals surface area contributed by atoms with Crippen LogP contribution < -0.4 is 28.4 Å². The molecule has 0 saturated carbocycles. The minimum atomic E-state index is 0.390. The maximum Gasteiger partial charge on any atom is 0.134 e. The summed E-state index contributed by atoms with van der Waals surface area (Å²) < 4.78 is 40.6. The van der Waals surface area contributed by atoms with Crippen LogP contribution in [0.4, 0.5) is 0 Å². The molecule has 3 aromatic carbocycles. The highest BCUT2D eigenvalue weighted by Gasteiger charge is 2.17. The van der Waals surface area contributed by atoms with Crippen LogP contribution in [0.25, 0.3) is 24.3 Å². The Hall–Kier alpha value is -3.10. The van der Waals surface area contributed by atoms with Crippen LogP contribution in [0.5, 0.6) is 34.5 Å². The van der Waals surface area contributed by atoms with Crippen molar-refractivity contribution in [1.29, 1.82) is 0 Å². The SMILES string of the molecule is CC[C@H](C)COc1cc(/C=C/c2cc(OC[C@@H](C)CC)c(/C=C/c3cc(OC[C@@H](C)CC)c(Br)cc3OC[C@@H](C)CC)cc2OC[C@@H](C)CC)c(OC[C@@H](C)CC)cc1Br. The molecule has 60 heavy (non-hydrogen) atoms. The number of halogens is 2. The average molecular weight is 957 g/mol. The highest BCUT2D eigenvalue weighted by molar-refractivity contribution is 9.11. The van der Waals surface area contributed by atoms with E-state index in [0.29, 0.717) is 75.1 Å². The molecule has 0 aliphatic rings. The zero-order valence-corrected chi connectivity index (χ0v) is 42.1. The van der Waals surface area contributed by atoms with E-state index in [0.717, 1.165) is 104 Å². The summed E-state index contributed by atoms with van der Waals surface area (Å²) in [5.41, 5.74) is 3.72. The number of ether oxygens (including phenoxy) is 6. The maximum atomic E-state index is 6.66. The van der Waals surface area contributed by atoms with Gasteiger partial charge >= 0.3 is 0 Å². The van der Waals surface area contributed by atoms with Crippen LogP contribution in [0, 0.1) is 35.5 Å². The van der Waals surface area contributed by atoms with Crippen LogP contribution in [0.1, 0.15) is 144 Å². The highest BCUT2D eigenvalue weighted by atomic mass is 79.9. The van der Waals surface area contributed by atoms with Crippen molar-refractivity contribution in [3.63, 3.8) is 0 Å². The van der Waals surface area contributed by atoms with Gasteiger partial charge in [0.25, 0.3) is 0 Å². The first-order valence-corrected chi connectivity index (χ1v) is 24.3. The summed E-state index contributed by atoms with van der Waals surface area (Å²) in [7, 11) is 0. The van der Waals surface area contributed by atoms with Crippen molar-refractivity contribution in [3.05, 3.63) is 67.6 Å². The Balaban J connectivity index is 2.22. The average Bonchev–Trinajstić information content (AvgIpc) is 3.26. The maximum absolute atomic E-state index is 6.66. The smallest absolute Gasteiger partial charge is 0.134 e. The quantitative estimate of drug-likeness (QED) is 0.0676. The van der Waals surface area contributed by atoms with E-state index < -0.39 is 0 Å². The van der Waals surface area contributed by atoms with Gasteiger partial charge in [0.2, 0.25) is 0 Å². The predicted octanol–water partition coefficient (Wildman–Crippen LogP) is 16.1. The zero-order chi connectivity index (χ0) is 44.2. The molecular weight excluding hydrogens is 880 g/mol. The Morgan fingerprint density at radius 2 is 0.517 bits per heavy atom. The molecule has 3 rings (SSSR count). The number of rotatable bonds is 28. The van der Waals surface area contributed by atoms with Gasteiger partial charge in [0.15, 0.2) is 0 Å². The van der Waals surface area contributed by atoms with E-state index in [2.05, 4.69) is 164 Å². The minimum Gasteiger partial charge on any atom is -0.493 e. The number of hydrogen-bond donors (Lipinski definition) is 0. The fourth-order valence-electron chi connectivity index (χ4n) is 5.39. The second kappa shape index (κ2) is 27.1. The van der Waals surface area contributed by atoms with E-state index in [1.165, 1.54) is 0 Å². The van der Waals surface area contributed by atoms with Gasteiger partial charge in [0.05, 0.1) is 48.6 Å². The molecule has 6 nitrogen and oxygen atoms in total. The molecule has 0 N–H and O–H groups in total. The largest absolute Gasteiger partial charge is 0.493 e. The molecule has 0 unspecified atom stereocenters. The standard InChI is InChI=1S/C52H76Br2O6/c1-13-35(7)29-55-47-23-42(20-22-44-26-52(60-34-40(12)18-6)46(54)28-50(44)58-32-38(10)16-4)48(56-30-36(8)14-2)24-41(47)19-21-43-25-51(59-33-39(11)17-5)45(53)27-49(43)57-31-37(9)15-3/h19-28,35-40H,13-18,29-34H2,1-12H3/b21-19+,22-20+/t35-,36-,37-,38-,39-,40-/m0/s1. The number of benzene rings is 3. The lowest BCUT2D eigenvalue weighted by atomic mass is 10.0. The van der Waals surface area contributed by atoms with E-state index in [1.807, 2.05) is 12.1 Å². The van der Waals surface area contributed by atoms with Gasteiger partial charge in [-0.2, -0.15) is 0 Å². The summed E-state index contributed by atoms with van der Waals surface area (Å²) in [4.78, 5) is 0. The first-order valence-electron chi connectivity index (χ1n) is 22.7. The summed E-state index contributed by atoms with van der Waals surface area (Å²) in [5.74, 6) is 7.30. The third-order valence-corrected chi connectivity index (χ3v) is 12.7. The van der Waals surface area contributed by atoms with Gasteiger partial charge in [-0.05, 0) is 104 Å². The van der Waals surface area contributed by atoms with Crippen molar-refractivity contribution in [2.24, 2.45) is 35.5 Å². The van der Waals surface area contributed by atoms with Crippen molar-refractivity contribution in [2.75, 3.05) is 39.6 Å². The summed E-state index contributed by atoms with van der Waals surface area (Å²) >= 11 is 7.53. The summed E-state index contributed by atoms with van der Waals surface area (Å²) in [6.07, 6.45) is 14.7. The van der Waals surface area contributed by atoms with E-state index in [1.54, 1.807) is 0 Å². The Morgan fingerprint density at radius 3 is 0.733 bits per heavy atom. The van der Waals surface area contributed by atoms with Crippen molar-refractivity contribution >= 4 is 56.2 Å². The second-order valence-electron chi connectivity index (χ2n) is 17.2. The Labute approximate surface area is 381 Å². The van der Waals surface area contributed by atoms with Crippen LogP contribution in [-0.4, -0.2) is 39.6 Å². The van der Waals surface area contributed by atoms with Crippen LogP contribution >= 0.6 is 31.9 Å². The molecule has 0 bridgehead atoms. The van der Waals surface area contributed by atoms with Crippen LogP contribution in [0.15, 0.2) is 45.3 Å². The summed E-state index contributed by atoms with van der Waals surface area (Å²) in [6, 6.07) is 12.5. The van der Waals surface area contributed by atoms with Crippen molar-refractivity contribution in [1.82, 2.24) is 0 Å². The molecule has 0 heterocycles. The third-order valence-electron chi connectivity index (χ3n) is 11.5. The van der Waals surface area contributed by atoms with E-state index >= 15 is 0 Å². The molecule has 0 aliphatic carbocycles. The van der Waals surface area contributed by atoms with Gasteiger partial charge in [-0.15, -0.1) is 0 Å². The van der Waals surface area contributed by atoms with Crippen molar-refractivity contribution in [3.8, 4) is 34.5 Å². The summed E-state index contributed by atoms with van der Waals surface area (Å²) in [6.45, 7) is 30.2. The Morgan fingerprint density at radius 1 is 0.333 bits per heavy atom. The first kappa shape index (κ1) is 51.3. The second-order valence-corrected chi connectivity index (χ2v) is 18.9. The Bertz CT molecular complexity index is 1660. The third kappa shape index (κ3) is 17.0. The normalized spacial score (nSPS) is 14.8.